The largest absolute Gasteiger partial charge is 2.00 e. The first kappa shape index (κ1) is 44.6. The van der Waals surface area contributed by atoms with Crippen molar-refractivity contribution in [3.05, 3.63) is 205 Å². The molecular weight excluding hydrogens is 840 g/mol. The molecular formula is C60H56SiZr. The van der Waals surface area contributed by atoms with E-state index in [1.807, 2.05) is 0 Å². The van der Waals surface area contributed by atoms with Crippen molar-refractivity contribution in [1.82, 2.24) is 0 Å². The molecule has 0 aromatic heterocycles. The van der Waals surface area contributed by atoms with Crippen LogP contribution in [0.25, 0.3) is 87.6 Å². The first-order chi connectivity index (χ1) is 29.8. The second kappa shape index (κ2) is 20.6. The molecule has 62 heavy (non-hydrogen) atoms. The van der Waals surface area contributed by atoms with Gasteiger partial charge >= 0.3 is 26.2 Å². The Balaban J connectivity index is 0.000000173. The van der Waals surface area contributed by atoms with Crippen LogP contribution >= 0.6 is 0 Å². The quantitative estimate of drug-likeness (QED) is 0.105. The summed E-state index contributed by atoms with van der Waals surface area (Å²) < 4.78 is 0. The summed E-state index contributed by atoms with van der Waals surface area (Å²) in [5, 5.41) is 10.6. The smallest absolute Gasteiger partial charge is 0.164 e. The van der Waals surface area contributed by atoms with Crippen molar-refractivity contribution in [2.75, 3.05) is 0 Å². The van der Waals surface area contributed by atoms with Crippen LogP contribution in [0.15, 0.2) is 194 Å². The van der Waals surface area contributed by atoms with E-state index in [0.29, 0.717) is 11.8 Å². The number of hydrogen-bond acceptors (Lipinski definition) is 0. The number of benzene rings is 8. The molecule has 0 amide bonds. The van der Waals surface area contributed by atoms with Crippen molar-refractivity contribution in [3.63, 3.8) is 0 Å². The first-order valence-electron chi connectivity index (χ1n) is 21.9. The van der Waals surface area contributed by atoms with Gasteiger partial charge in [-0.05, 0) is 79.6 Å². The minimum Gasteiger partial charge on any atom is -0.164 e. The molecule has 10 aromatic rings. The molecule has 0 saturated carbocycles. The third kappa shape index (κ3) is 9.79. The molecule has 0 fully saturated rings. The van der Waals surface area contributed by atoms with Crippen molar-refractivity contribution in [2.45, 2.75) is 53.6 Å². The van der Waals surface area contributed by atoms with Gasteiger partial charge in [-0.25, -0.2) is 0 Å². The summed E-state index contributed by atoms with van der Waals surface area (Å²) in [6, 6.07) is 71.1. The second-order valence-corrected chi connectivity index (χ2v) is 18.2. The Morgan fingerprint density at radius 2 is 0.629 bits per heavy atom. The molecule has 0 N–H and O–H groups in total. The van der Waals surface area contributed by atoms with E-state index in [9.17, 15) is 0 Å². The van der Waals surface area contributed by atoms with Gasteiger partial charge in [0.2, 0.25) is 0 Å². The van der Waals surface area contributed by atoms with Gasteiger partial charge < -0.3 is 0 Å². The summed E-state index contributed by atoms with van der Waals surface area (Å²) >= 11 is 0. The van der Waals surface area contributed by atoms with E-state index >= 15 is 0 Å². The fourth-order valence-corrected chi connectivity index (χ4v) is 9.07. The molecule has 10 aromatic carbocycles. The molecule has 0 spiro atoms. The molecule has 2 radical (unpaired) electrons. The van der Waals surface area contributed by atoms with E-state index < -0.39 is 0 Å². The Morgan fingerprint density at radius 3 is 0.984 bits per heavy atom. The zero-order valence-corrected chi connectivity index (χ0v) is 40.5. The van der Waals surface area contributed by atoms with Crippen molar-refractivity contribution in [2.24, 2.45) is 11.8 Å². The van der Waals surface area contributed by atoms with Gasteiger partial charge in [-0.2, -0.15) is 12.1 Å². The standard InChI is InChI=1S/2C29H25.C2H6Si.Zr/c2*1-20(2)17-21-18-23-11-8-16-28(29(23)19-21)27-14-6-5-13-26(27)25-15-7-10-22-9-3-4-12-24(22)25;1-3-2;/h2*3-16,18-20H,17H2,1-2H3;1-2H3;/q2*-1;;+2. The van der Waals surface area contributed by atoms with E-state index in [-0.39, 0.29) is 26.2 Å². The van der Waals surface area contributed by atoms with Gasteiger partial charge in [0.15, 0.2) is 0 Å². The third-order valence-electron chi connectivity index (χ3n) is 11.5. The SMILES string of the molecule is CC(C)Cc1cc2c(-c3ccccc3-c3cccc4ccccc34)cccc2[cH-]1.CC(C)Cc1cc2c(-c3ccccc3-c3cccc4ccccc34)cccc2[cH-]1.C[Si]C.[Zr+2]. The summed E-state index contributed by atoms with van der Waals surface area (Å²) in [4.78, 5) is 0. The zero-order chi connectivity index (χ0) is 42.3. The zero-order valence-electron chi connectivity index (χ0n) is 37.0. The summed E-state index contributed by atoms with van der Waals surface area (Å²) in [5.41, 5.74) is 13.3. The molecule has 0 heterocycles. The monoisotopic (exact) mass is 894 g/mol. The van der Waals surface area contributed by atoms with Gasteiger partial charge in [0.25, 0.3) is 0 Å². The fraction of sp³-hybridized carbons (Fsp3) is 0.167. The number of rotatable bonds is 8. The summed E-state index contributed by atoms with van der Waals surface area (Å²) in [6.07, 6.45) is 2.25. The second-order valence-electron chi connectivity index (χ2n) is 17.2. The molecule has 0 aliphatic heterocycles. The third-order valence-corrected chi connectivity index (χ3v) is 11.5. The van der Waals surface area contributed by atoms with Crippen LogP contribution in [0.5, 0.6) is 0 Å². The van der Waals surface area contributed by atoms with Gasteiger partial charge in [-0.3, -0.25) is 0 Å². The average Bonchev–Trinajstić information content (AvgIpc) is 3.89. The predicted molar refractivity (Wildman–Crippen MR) is 270 cm³/mol. The molecule has 0 aliphatic rings. The van der Waals surface area contributed by atoms with Crippen LogP contribution < -0.4 is 0 Å². The first-order valence-corrected chi connectivity index (χ1v) is 23.9. The van der Waals surface area contributed by atoms with Crippen LogP contribution in [0.1, 0.15) is 38.8 Å². The normalized spacial score (nSPS) is 11.1. The van der Waals surface area contributed by atoms with Crippen LogP contribution in [0.3, 0.4) is 0 Å². The minimum absolute atomic E-state index is 0. The number of hydrogen-bond donors (Lipinski definition) is 0. The van der Waals surface area contributed by atoms with E-state index in [0.717, 1.165) is 22.4 Å². The Hall–Kier alpha value is -5.40. The van der Waals surface area contributed by atoms with Gasteiger partial charge in [0.05, 0.1) is 0 Å². The van der Waals surface area contributed by atoms with Gasteiger partial charge in [-0.15, -0.1) is 69.1 Å². The molecule has 0 saturated heterocycles. The molecule has 10 rings (SSSR count). The molecule has 0 bridgehead atoms. The van der Waals surface area contributed by atoms with Crippen LogP contribution in [0.4, 0.5) is 0 Å². The van der Waals surface area contributed by atoms with Crippen molar-refractivity contribution in [3.8, 4) is 44.5 Å². The molecule has 304 valence electrons. The maximum atomic E-state index is 2.39. The maximum absolute atomic E-state index is 2.39. The Morgan fingerprint density at radius 1 is 0.355 bits per heavy atom. The van der Waals surface area contributed by atoms with E-state index in [1.54, 1.807) is 0 Å². The minimum atomic E-state index is 0. The molecule has 0 unspecified atom stereocenters. The Bertz CT molecular complexity index is 2830. The van der Waals surface area contributed by atoms with Crippen LogP contribution in [0.2, 0.25) is 13.1 Å². The van der Waals surface area contributed by atoms with Crippen LogP contribution in [-0.2, 0) is 39.0 Å². The molecule has 0 atom stereocenters. The Labute approximate surface area is 391 Å². The van der Waals surface area contributed by atoms with Gasteiger partial charge in [0, 0.05) is 9.52 Å². The van der Waals surface area contributed by atoms with Crippen LogP contribution in [0, 0.1) is 11.8 Å². The number of fused-ring (bicyclic) bond motifs is 4. The molecule has 2 heteroatoms. The molecule has 0 aliphatic carbocycles. The maximum Gasteiger partial charge on any atom is 2.00 e. The van der Waals surface area contributed by atoms with Crippen molar-refractivity contribution in [1.29, 1.82) is 0 Å². The van der Waals surface area contributed by atoms with E-state index in [2.05, 4.69) is 235 Å². The summed E-state index contributed by atoms with van der Waals surface area (Å²) in [6.45, 7) is 13.4. The van der Waals surface area contributed by atoms with Gasteiger partial charge in [-0.1, -0.05) is 198 Å². The summed E-state index contributed by atoms with van der Waals surface area (Å²) in [5.74, 6) is 1.33. The Kier molecular flexibility index (Phi) is 14.9. The van der Waals surface area contributed by atoms with E-state index in [4.69, 9.17) is 0 Å². The van der Waals surface area contributed by atoms with Crippen LogP contribution in [-0.4, -0.2) is 9.52 Å². The van der Waals surface area contributed by atoms with Crippen molar-refractivity contribution >= 4 is 52.6 Å². The summed E-state index contributed by atoms with van der Waals surface area (Å²) in [7, 11) is 1.08. The topological polar surface area (TPSA) is 0 Å². The van der Waals surface area contributed by atoms with Gasteiger partial charge in [0.1, 0.15) is 0 Å². The van der Waals surface area contributed by atoms with E-state index in [1.165, 1.54) is 98.7 Å². The predicted octanol–water partition coefficient (Wildman–Crippen LogP) is 17.3. The fourth-order valence-electron chi connectivity index (χ4n) is 9.07. The molecule has 0 nitrogen and oxygen atoms in total. The van der Waals surface area contributed by atoms with Crippen molar-refractivity contribution < 1.29 is 26.2 Å². The average molecular weight is 896 g/mol.